The summed E-state index contributed by atoms with van der Waals surface area (Å²) in [5.74, 6) is -0.989. The van der Waals surface area contributed by atoms with E-state index in [0.29, 0.717) is 31.9 Å². The van der Waals surface area contributed by atoms with Crippen LogP contribution in [0.25, 0.3) is 0 Å². The van der Waals surface area contributed by atoms with Gasteiger partial charge in [-0.25, -0.2) is 0 Å². The Labute approximate surface area is 110 Å². The second-order valence-electron chi connectivity index (χ2n) is 4.93. The van der Waals surface area contributed by atoms with E-state index in [4.69, 9.17) is 4.74 Å². The number of benzene rings is 1. The van der Waals surface area contributed by atoms with Crippen LogP contribution in [0, 0.1) is 0 Å². The molecule has 100 valence electrons. The Morgan fingerprint density at radius 1 is 1.26 bits per heavy atom. The third-order valence-corrected chi connectivity index (χ3v) is 3.74. The van der Waals surface area contributed by atoms with Crippen LogP contribution in [0.5, 0.6) is 0 Å². The lowest BCUT2D eigenvalue weighted by Gasteiger charge is -2.32. The fourth-order valence-corrected chi connectivity index (χ4v) is 2.68. The van der Waals surface area contributed by atoms with Crippen molar-refractivity contribution >= 4 is 11.7 Å². The molecule has 19 heavy (non-hydrogen) atoms. The topological polar surface area (TPSA) is 66.8 Å². The molecule has 0 saturated carbocycles. The van der Waals surface area contributed by atoms with Crippen molar-refractivity contribution in [1.82, 2.24) is 4.90 Å². The lowest BCUT2D eigenvalue weighted by atomic mass is 9.97. The van der Waals surface area contributed by atoms with Gasteiger partial charge < -0.3 is 14.7 Å². The number of carbonyl (C=O) groups is 2. The smallest absolute Gasteiger partial charge is 0.263 e. The van der Waals surface area contributed by atoms with Crippen LogP contribution in [0.1, 0.15) is 15.9 Å². The summed E-state index contributed by atoms with van der Waals surface area (Å²) in [6.07, 6.45) is 0.0677. The number of Topliss-reactive ketones (excluding diaryl/α,β-unsaturated/α-hetero) is 1. The van der Waals surface area contributed by atoms with Gasteiger partial charge in [0.1, 0.15) is 0 Å². The molecule has 1 aromatic carbocycles. The number of nitrogens with zero attached hydrogens (tertiary/aromatic N) is 1. The average Bonchev–Trinajstić information content (AvgIpc) is 2.72. The molecule has 5 heteroatoms. The normalized spacial score (nSPS) is 26.4. The molecule has 1 aromatic rings. The van der Waals surface area contributed by atoms with Crippen molar-refractivity contribution in [3.8, 4) is 0 Å². The first-order chi connectivity index (χ1) is 9.13. The summed E-state index contributed by atoms with van der Waals surface area (Å²) in [5.41, 5.74) is -0.746. The second-order valence-corrected chi connectivity index (χ2v) is 4.93. The fraction of sp³-hybridized carbons (Fsp3) is 0.429. The number of hydrogen-bond acceptors (Lipinski definition) is 4. The van der Waals surface area contributed by atoms with Crippen LogP contribution >= 0.6 is 0 Å². The Morgan fingerprint density at radius 3 is 2.63 bits per heavy atom. The Morgan fingerprint density at radius 2 is 1.95 bits per heavy atom. The predicted octanol–water partition coefficient (Wildman–Crippen LogP) is 0.0153. The molecular formula is C14H15NO4. The lowest BCUT2D eigenvalue weighted by molar-refractivity contribution is -0.150. The molecule has 1 N–H and O–H groups in total. The highest BCUT2D eigenvalue weighted by molar-refractivity contribution is 6.19. The summed E-state index contributed by atoms with van der Waals surface area (Å²) in [6, 6.07) is 6.97. The number of carbonyl (C=O) groups excluding carboxylic acids is 2. The fourth-order valence-electron chi connectivity index (χ4n) is 2.68. The van der Waals surface area contributed by atoms with E-state index in [-0.39, 0.29) is 6.42 Å². The Balaban J connectivity index is 1.89. The van der Waals surface area contributed by atoms with Crippen LogP contribution in [0.3, 0.4) is 0 Å². The summed E-state index contributed by atoms with van der Waals surface area (Å²) in [7, 11) is 0. The molecular weight excluding hydrogens is 246 g/mol. The summed E-state index contributed by atoms with van der Waals surface area (Å²) in [4.78, 5) is 26.2. The lowest BCUT2D eigenvalue weighted by Crippen LogP contribution is -2.55. The Kier molecular flexibility index (Phi) is 2.88. The maximum absolute atomic E-state index is 12.4. The number of amides is 1. The van der Waals surface area contributed by atoms with Crippen LogP contribution in [0.4, 0.5) is 0 Å². The number of aliphatic hydroxyl groups is 1. The van der Waals surface area contributed by atoms with E-state index in [0.717, 1.165) is 5.56 Å². The van der Waals surface area contributed by atoms with Gasteiger partial charge in [-0.2, -0.15) is 0 Å². The number of hydrogen-bond donors (Lipinski definition) is 1. The molecule has 1 aliphatic carbocycles. The summed E-state index contributed by atoms with van der Waals surface area (Å²) >= 11 is 0. The van der Waals surface area contributed by atoms with Crippen molar-refractivity contribution in [1.29, 1.82) is 0 Å². The standard InChI is InChI=1S/C14H15NO4/c16-12-11-4-2-1-3-10(11)9-14(12,18)13(17)15-5-7-19-8-6-15/h1-4,18H,5-9H2. The Bertz CT molecular complexity index is 536. The summed E-state index contributed by atoms with van der Waals surface area (Å²) < 4.78 is 5.17. The number of ketones is 1. The van der Waals surface area contributed by atoms with Crippen molar-refractivity contribution in [3.63, 3.8) is 0 Å². The quantitative estimate of drug-likeness (QED) is 0.723. The van der Waals surface area contributed by atoms with Crippen molar-refractivity contribution < 1.29 is 19.4 Å². The van der Waals surface area contributed by atoms with Gasteiger partial charge in [0.25, 0.3) is 5.91 Å². The van der Waals surface area contributed by atoms with E-state index < -0.39 is 17.3 Å². The van der Waals surface area contributed by atoms with E-state index in [1.54, 1.807) is 24.3 Å². The second kappa shape index (κ2) is 4.43. The molecule has 1 amide bonds. The molecule has 0 radical (unpaired) electrons. The highest BCUT2D eigenvalue weighted by atomic mass is 16.5. The molecule has 0 bridgehead atoms. The molecule has 1 heterocycles. The van der Waals surface area contributed by atoms with E-state index >= 15 is 0 Å². The van der Waals surface area contributed by atoms with Gasteiger partial charge in [-0.15, -0.1) is 0 Å². The number of morpholine rings is 1. The van der Waals surface area contributed by atoms with E-state index in [2.05, 4.69) is 0 Å². The number of rotatable bonds is 1. The van der Waals surface area contributed by atoms with Gasteiger partial charge in [-0.1, -0.05) is 24.3 Å². The molecule has 1 fully saturated rings. The average molecular weight is 261 g/mol. The van der Waals surface area contributed by atoms with Crippen LogP contribution < -0.4 is 0 Å². The molecule has 1 saturated heterocycles. The van der Waals surface area contributed by atoms with Crippen LogP contribution in [-0.4, -0.2) is 53.6 Å². The maximum atomic E-state index is 12.4. The minimum atomic E-state index is -1.93. The third-order valence-electron chi connectivity index (χ3n) is 3.74. The molecule has 5 nitrogen and oxygen atoms in total. The zero-order chi connectivity index (χ0) is 13.5. The summed E-state index contributed by atoms with van der Waals surface area (Å²) in [5, 5.41) is 10.5. The van der Waals surface area contributed by atoms with Gasteiger partial charge in [0.05, 0.1) is 13.2 Å². The van der Waals surface area contributed by atoms with Gasteiger partial charge in [0.2, 0.25) is 11.4 Å². The maximum Gasteiger partial charge on any atom is 0.263 e. The SMILES string of the molecule is O=C1c2ccccc2CC1(O)C(=O)N1CCOCC1. The molecule has 0 spiro atoms. The monoisotopic (exact) mass is 261 g/mol. The van der Waals surface area contributed by atoms with Gasteiger partial charge >= 0.3 is 0 Å². The van der Waals surface area contributed by atoms with Crippen LogP contribution in [0.2, 0.25) is 0 Å². The zero-order valence-corrected chi connectivity index (χ0v) is 10.5. The minimum Gasteiger partial charge on any atom is -0.378 e. The highest BCUT2D eigenvalue weighted by Crippen LogP contribution is 2.31. The van der Waals surface area contributed by atoms with Gasteiger partial charge in [-0.05, 0) is 5.56 Å². The first-order valence-corrected chi connectivity index (χ1v) is 6.35. The van der Waals surface area contributed by atoms with Gasteiger partial charge in [-0.3, -0.25) is 9.59 Å². The van der Waals surface area contributed by atoms with Crippen molar-refractivity contribution in [3.05, 3.63) is 35.4 Å². The molecule has 1 atom stereocenters. The molecule has 1 unspecified atom stereocenters. The summed E-state index contributed by atoms with van der Waals surface area (Å²) in [6.45, 7) is 1.74. The largest absolute Gasteiger partial charge is 0.378 e. The van der Waals surface area contributed by atoms with E-state index in [1.807, 2.05) is 0 Å². The van der Waals surface area contributed by atoms with E-state index in [1.165, 1.54) is 4.90 Å². The third kappa shape index (κ3) is 1.86. The number of ether oxygens (including phenoxy) is 1. The predicted molar refractivity (Wildman–Crippen MR) is 66.8 cm³/mol. The van der Waals surface area contributed by atoms with Crippen LogP contribution in [0.15, 0.2) is 24.3 Å². The molecule has 0 aromatic heterocycles. The van der Waals surface area contributed by atoms with Crippen molar-refractivity contribution in [2.24, 2.45) is 0 Å². The number of fused-ring (bicyclic) bond motifs is 1. The minimum absolute atomic E-state index is 0.0677. The van der Waals surface area contributed by atoms with E-state index in [9.17, 15) is 14.7 Å². The molecule has 2 aliphatic rings. The Hall–Kier alpha value is -1.72. The molecule has 3 rings (SSSR count). The molecule has 1 aliphatic heterocycles. The highest BCUT2D eigenvalue weighted by Gasteiger charge is 2.51. The van der Waals surface area contributed by atoms with Gasteiger partial charge in [0, 0.05) is 25.1 Å². The van der Waals surface area contributed by atoms with Gasteiger partial charge in [0.15, 0.2) is 0 Å². The zero-order valence-electron chi connectivity index (χ0n) is 10.5. The first kappa shape index (κ1) is 12.3. The van der Waals surface area contributed by atoms with Crippen molar-refractivity contribution in [2.75, 3.05) is 26.3 Å². The van der Waals surface area contributed by atoms with Crippen molar-refractivity contribution in [2.45, 2.75) is 12.0 Å². The van der Waals surface area contributed by atoms with Crippen LogP contribution in [-0.2, 0) is 16.0 Å². The first-order valence-electron chi connectivity index (χ1n) is 6.35.